The number of carbonyl (C=O) groups is 2. The molecule has 224 valence electrons. The molecule has 0 saturated heterocycles. The quantitative estimate of drug-likeness (QED) is 0.183. The van der Waals surface area contributed by atoms with E-state index < -0.39 is 17.9 Å². The fraction of sp³-hybridized carbons (Fsp3) is 0.343. The number of hydrogen-bond acceptors (Lipinski definition) is 7. The number of hydrogen-bond donors (Lipinski definition) is 0. The van der Waals surface area contributed by atoms with Gasteiger partial charge >= 0.3 is 5.97 Å². The first-order chi connectivity index (χ1) is 20.6. The van der Waals surface area contributed by atoms with Crippen LogP contribution in [0, 0.1) is 19.8 Å². The predicted octanol–water partition coefficient (Wildman–Crippen LogP) is 7.16. The number of fused-ring (bicyclic) bond motifs is 2. The van der Waals surface area contributed by atoms with Gasteiger partial charge in [0.05, 0.1) is 42.4 Å². The van der Waals surface area contributed by atoms with Gasteiger partial charge in [0, 0.05) is 5.69 Å². The van der Waals surface area contributed by atoms with Crippen LogP contribution in [0.15, 0.2) is 63.8 Å². The molecule has 3 aromatic carbocycles. The predicted molar refractivity (Wildman–Crippen MR) is 166 cm³/mol. The van der Waals surface area contributed by atoms with Crippen LogP contribution in [0.3, 0.4) is 0 Å². The molecule has 0 N–H and O–H groups in total. The van der Waals surface area contributed by atoms with E-state index in [1.54, 1.807) is 37.3 Å². The second-order valence-corrected chi connectivity index (χ2v) is 11.1. The monoisotopic (exact) mass is 583 g/mol. The Morgan fingerprint density at radius 3 is 2.30 bits per heavy atom. The summed E-state index contributed by atoms with van der Waals surface area (Å²) in [7, 11) is 0. The van der Waals surface area contributed by atoms with E-state index in [2.05, 4.69) is 13.8 Å². The van der Waals surface area contributed by atoms with E-state index in [4.69, 9.17) is 18.6 Å². The third kappa shape index (κ3) is 5.74. The van der Waals surface area contributed by atoms with E-state index in [0.717, 1.165) is 17.5 Å². The largest absolute Gasteiger partial charge is 0.490 e. The Labute approximate surface area is 251 Å². The Hall–Kier alpha value is -4.59. The van der Waals surface area contributed by atoms with Crippen LogP contribution in [0.2, 0.25) is 0 Å². The molecule has 43 heavy (non-hydrogen) atoms. The Kier molecular flexibility index (Phi) is 8.57. The second kappa shape index (κ2) is 12.3. The van der Waals surface area contributed by atoms with Crippen LogP contribution in [0.5, 0.6) is 11.5 Å². The highest BCUT2D eigenvalue weighted by atomic mass is 16.5. The van der Waals surface area contributed by atoms with Gasteiger partial charge in [0.15, 0.2) is 16.9 Å². The number of nitrogens with zero attached hydrogens (tertiary/aromatic N) is 1. The lowest BCUT2D eigenvalue weighted by Gasteiger charge is -2.26. The lowest BCUT2D eigenvalue weighted by molar-refractivity contribution is 0.0526. The maximum atomic E-state index is 14.1. The Bertz CT molecular complexity index is 1740. The van der Waals surface area contributed by atoms with Crippen molar-refractivity contribution in [2.45, 2.75) is 54.0 Å². The highest BCUT2D eigenvalue weighted by Crippen LogP contribution is 2.43. The molecule has 1 aromatic heterocycles. The summed E-state index contributed by atoms with van der Waals surface area (Å²) in [5.74, 6) is 0.703. The van der Waals surface area contributed by atoms with Gasteiger partial charge in [-0.1, -0.05) is 19.9 Å². The molecule has 2 heterocycles. The van der Waals surface area contributed by atoms with Gasteiger partial charge in [0.2, 0.25) is 5.76 Å². The third-order valence-electron chi connectivity index (χ3n) is 7.68. The molecule has 0 bridgehead atoms. The Morgan fingerprint density at radius 1 is 0.907 bits per heavy atom. The number of rotatable bonds is 10. The van der Waals surface area contributed by atoms with Crippen molar-refractivity contribution in [2.75, 3.05) is 24.7 Å². The summed E-state index contributed by atoms with van der Waals surface area (Å²) in [6, 6.07) is 14.9. The molecule has 8 heteroatoms. The summed E-state index contributed by atoms with van der Waals surface area (Å²) >= 11 is 0. The molecule has 1 amide bonds. The van der Waals surface area contributed by atoms with E-state index in [-0.39, 0.29) is 23.4 Å². The van der Waals surface area contributed by atoms with Crippen molar-refractivity contribution in [1.82, 2.24) is 0 Å². The number of anilines is 1. The third-order valence-corrected chi connectivity index (χ3v) is 7.68. The fourth-order valence-corrected chi connectivity index (χ4v) is 5.27. The molecule has 0 saturated carbocycles. The first-order valence-electron chi connectivity index (χ1n) is 14.7. The summed E-state index contributed by atoms with van der Waals surface area (Å²) in [6.45, 7) is 13.0. The number of benzene rings is 3. The van der Waals surface area contributed by atoms with Crippen molar-refractivity contribution in [3.8, 4) is 11.5 Å². The van der Waals surface area contributed by atoms with Gasteiger partial charge in [0.1, 0.15) is 5.58 Å². The van der Waals surface area contributed by atoms with Gasteiger partial charge in [-0.3, -0.25) is 14.5 Å². The summed E-state index contributed by atoms with van der Waals surface area (Å²) in [5.41, 5.74) is 3.79. The van der Waals surface area contributed by atoms with Crippen molar-refractivity contribution in [3.63, 3.8) is 0 Å². The molecule has 0 aliphatic carbocycles. The topological polar surface area (TPSA) is 95.3 Å². The summed E-state index contributed by atoms with van der Waals surface area (Å²) < 4.78 is 23.3. The molecule has 0 fully saturated rings. The molecule has 0 spiro atoms. The minimum atomic E-state index is -0.804. The van der Waals surface area contributed by atoms with Crippen molar-refractivity contribution in [2.24, 2.45) is 5.92 Å². The van der Waals surface area contributed by atoms with Gasteiger partial charge in [-0.25, -0.2) is 4.79 Å². The zero-order chi connectivity index (χ0) is 30.8. The van der Waals surface area contributed by atoms with E-state index in [1.165, 1.54) is 4.90 Å². The maximum Gasteiger partial charge on any atom is 0.338 e. The summed E-state index contributed by atoms with van der Waals surface area (Å²) in [5, 5.41) is 0.415. The summed E-state index contributed by atoms with van der Waals surface area (Å²) in [6.07, 6.45) is 0.889. The highest BCUT2D eigenvalue weighted by molar-refractivity contribution is 6.11. The SMILES string of the molecule is CCOC(=O)c1ccc(N2C(=O)c3oc4cc(C)c(C)cc4c(=O)c3C2c2ccc(OCCC(C)C)c(OCC)c2)cc1. The zero-order valence-electron chi connectivity index (χ0n) is 25.5. The maximum absolute atomic E-state index is 14.1. The van der Waals surface area contributed by atoms with Gasteiger partial charge in [0.25, 0.3) is 5.91 Å². The van der Waals surface area contributed by atoms with Crippen LogP contribution in [0.25, 0.3) is 11.0 Å². The zero-order valence-corrected chi connectivity index (χ0v) is 25.5. The standard InChI is InChI=1S/C35H37NO7/c1-7-40-29-19-24(11-14-27(29)42-16-15-20(3)4)31-30-32(37)26-17-21(5)22(6)18-28(26)43-33(30)34(38)36(31)25-12-9-23(10-13-25)35(39)41-8-2/h9-14,17-20,31H,7-8,15-16H2,1-6H3. The van der Waals surface area contributed by atoms with E-state index >= 15 is 0 Å². The van der Waals surface area contributed by atoms with Gasteiger partial charge < -0.3 is 18.6 Å². The first kappa shape index (κ1) is 29.9. The Morgan fingerprint density at radius 2 is 1.63 bits per heavy atom. The fourth-order valence-electron chi connectivity index (χ4n) is 5.27. The molecular weight excluding hydrogens is 546 g/mol. The first-order valence-corrected chi connectivity index (χ1v) is 14.7. The van der Waals surface area contributed by atoms with E-state index in [1.807, 2.05) is 45.0 Å². The molecule has 0 radical (unpaired) electrons. The molecule has 1 atom stereocenters. The average molecular weight is 584 g/mol. The molecule has 8 nitrogen and oxygen atoms in total. The van der Waals surface area contributed by atoms with Gasteiger partial charge in [-0.15, -0.1) is 0 Å². The lowest BCUT2D eigenvalue weighted by atomic mass is 9.96. The van der Waals surface area contributed by atoms with Gasteiger partial charge in [-0.2, -0.15) is 0 Å². The van der Waals surface area contributed by atoms with Crippen LogP contribution < -0.4 is 19.8 Å². The van der Waals surface area contributed by atoms with Gasteiger partial charge in [-0.05, 0) is 105 Å². The molecule has 1 aliphatic heterocycles. The summed E-state index contributed by atoms with van der Waals surface area (Å²) in [4.78, 5) is 42.0. The minimum absolute atomic E-state index is 0.00422. The molecule has 1 unspecified atom stereocenters. The Balaban J connectivity index is 1.67. The van der Waals surface area contributed by atoms with Crippen LogP contribution in [-0.4, -0.2) is 31.7 Å². The van der Waals surface area contributed by atoms with Crippen molar-refractivity contribution >= 4 is 28.5 Å². The van der Waals surface area contributed by atoms with Crippen LogP contribution in [0.1, 0.15) is 83.3 Å². The molecular formula is C35H37NO7. The van der Waals surface area contributed by atoms with Crippen molar-refractivity contribution < 1.29 is 28.2 Å². The number of aryl methyl sites for hydroxylation is 2. The van der Waals surface area contributed by atoms with E-state index in [9.17, 15) is 14.4 Å². The molecule has 1 aliphatic rings. The highest BCUT2D eigenvalue weighted by Gasteiger charge is 2.44. The lowest BCUT2D eigenvalue weighted by Crippen LogP contribution is -2.29. The molecule has 4 aromatic rings. The second-order valence-electron chi connectivity index (χ2n) is 11.1. The average Bonchev–Trinajstić information content (AvgIpc) is 3.27. The normalized spacial score (nSPS) is 14.3. The van der Waals surface area contributed by atoms with Crippen LogP contribution in [-0.2, 0) is 4.74 Å². The van der Waals surface area contributed by atoms with Crippen LogP contribution in [0.4, 0.5) is 5.69 Å². The number of esters is 1. The van der Waals surface area contributed by atoms with Crippen molar-refractivity contribution in [3.05, 3.63) is 98.4 Å². The number of amides is 1. The molecule has 5 rings (SSSR count). The van der Waals surface area contributed by atoms with Crippen molar-refractivity contribution in [1.29, 1.82) is 0 Å². The number of ether oxygens (including phenoxy) is 3. The number of carbonyl (C=O) groups excluding carboxylic acids is 2. The smallest absolute Gasteiger partial charge is 0.338 e. The van der Waals surface area contributed by atoms with E-state index in [0.29, 0.717) is 58.4 Å². The minimum Gasteiger partial charge on any atom is -0.490 e. The van der Waals surface area contributed by atoms with Crippen LogP contribution >= 0.6 is 0 Å².